The van der Waals surface area contributed by atoms with Gasteiger partial charge in [-0.1, -0.05) is 6.07 Å². The smallest absolute Gasteiger partial charge is 0.273 e. The van der Waals surface area contributed by atoms with Crippen molar-refractivity contribution in [1.29, 1.82) is 0 Å². The summed E-state index contributed by atoms with van der Waals surface area (Å²) in [7, 11) is 0. The third-order valence-electron chi connectivity index (χ3n) is 2.31. The molecule has 2 aromatic rings. The summed E-state index contributed by atoms with van der Waals surface area (Å²) in [6, 6.07) is 6.18. The van der Waals surface area contributed by atoms with E-state index in [0.717, 1.165) is 18.2 Å². The fourth-order valence-corrected chi connectivity index (χ4v) is 1.48. The molecule has 1 N–H and O–H groups in total. The molecule has 0 radical (unpaired) electrons. The summed E-state index contributed by atoms with van der Waals surface area (Å²) < 4.78 is 26.0. The van der Waals surface area contributed by atoms with Crippen LogP contribution in [-0.4, -0.2) is 15.8 Å². The molecule has 6 nitrogen and oxygen atoms in total. The Kier molecular flexibility index (Phi) is 3.65. The van der Waals surface area contributed by atoms with Crippen molar-refractivity contribution < 1.29 is 18.5 Å². The molecule has 102 valence electrons. The van der Waals surface area contributed by atoms with Crippen molar-refractivity contribution in [2.24, 2.45) is 0 Å². The number of aromatic nitrogens is 1. The third-order valence-corrected chi connectivity index (χ3v) is 2.31. The number of hydrogen-bond donors (Lipinski definition) is 1. The van der Waals surface area contributed by atoms with E-state index < -0.39 is 28.3 Å². The normalized spacial score (nSPS) is 10.1. The Morgan fingerprint density at radius 2 is 2.00 bits per heavy atom. The van der Waals surface area contributed by atoms with E-state index in [4.69, 9.17) is 0 Å². The van der Waals surface area contributed by atoms with Crippen molar-refractivity contribution in [1.82, 2.24) is 4.98 Å². The number of carbonyl (C=O) groups is 1. The van der Waals surface area contributed by atoms with Crippen LogP contribution in [0.25, 0.3) is 0 Å². The van der Waals surface area contributed by atoms with E-state index in [9.17, 15) is 23.7 Å². The second kappa shape index (κ2) is 5.39. The van der Waals surface area contributed by atoms with Gasteiger partial charge in [0.05, 0.1) is 11.0 Å². The minimum atomic E-state index is -0.920. The molecule has 1 heterocycles. The molecule has 0 aliphatic heterocycles. The number of nitro benzene ring substituents is 1. The predicted molar refractivity (Wildman–Crippen MR) is 65.2 cm³/mol. The summed E-state index contributed by atoms with van der Waals surface area (Å²) in [6.07, 6.45) is 0. The number of amides is 1. The van der Waals surface area contributed by atoms with E-state index >= 15 is 0 Å². The first-order chi connectivity index (χ1) is 9.45. The molecule has 1 amide bonds. The molecule has 0 unspecified atom stereocenters. The molecule has 8 heteroatoms. The molecule has 0 aliphatic rings. The molecule has 20 heavy (non-hydrogen) atoms. The Balaban J connectivity index is 2.27. The summed E-state index contributed by atoms with van der Waals surface area (Å²) in [4.78, 5) is 24.9. The van der Waals surface area contributed by atoms with Gasteiger partial charge in [0, 0.05) is 11.6 Å². The van der Waals surface area contributed by atoms with Gasteiger partial charge in [-0.15, -0.1) is 0 Å². The number of non-ortho nitro benzene ring substituents is 1. The minimum absolute atomic E-state index is 0.0816. The third kappa shape index (κ3) is 3.10. The fourth-order valence-electron chi connectivity index (χ4n) is 1.48. The lowest BCUT2D eigenvalue weighted by atomic mass is 10.2. The van der Waals surface area contributed by atoms with Crippen molar-refractivity contribution in [2.45, 2.75) is 0 Å². The maximum absolute atomic E-state index is 13.2. The molecule has 2 rings (SSSR count). The number of halogens is 2. The topological polar surface area (TPSA) is 85.1 Å². The molecular weight excluding hydrogens is 272 g/mol. The predicted octanol–water partition coefficient (Wildman–Crippen LogP) is 2.52. The van der Waals surface area contributed by atoms with E-state index in [0.29, 0.717) is 6.07 Å². The number of nitrogens with zero attached hydrogens (tertiary/aromatic N) is 2. The highest BCUT2D eigenvalue weighted by Crippen LogP contribution is 2.17. The van der Waals surface area contributed by atoms with Crippen LogP contribution in [0.15, 0.2) is 36.4 Å². The molecule has 1 aromatic heterocycles. The monoisotopic (exact) mass is 279 g/mol. The number of nitro groups is 1. The summed E-state index contributed by atoms with van der Waals surface area (Å²) in [5.41, 5.74) is -0.815. The van der Waals surface area contributed by atoms with Crippen molar-refractivity contribution in [3.63, 3.8) is 0 Å². The number of benzene rings is 1. The van der Waals surface area contributed by atoms with Crippen LogP contribution >= 0.6 is 0 Å². The molecule has 0 bridgehead atoms. The van der Waals surface area contributed by atoms with Crippen molar-refractivity contribution >= 4 is 17.4 Å². The van der Waals surface area contributed by atoms with E-state index in [1.54, 1.807) is 0 Å². The van der Waals surface area contributed by atoms with Gasteiger partial charge in [0.15, 0.2) is 0 Å². The summed E-state index contributed by atoms with van der Waals surface area (Å²) in [5.74, 6) is -2.63. The van der Waals surface area contributed by atoms with Gasteiger partial charge in [0.25, 0.3) is 11.6 Å². The number of nitrogens with one attached hydrogen (secondary N) is 1. The van der Waals surface area contributed by atoms with Crippen LogP contribution < -0.4 is 5.32 Å². The first kappa shape index (κ1) is 13.5. The number of anilines is 1. The van der Waals surface area contributed by atoms with Gasteiger partial charge in [-0.3, -0.25) is 14.9 Å². The molecule has 1 aromatic carbocycles. The Morgan fingerprint density at radius 1 is 1.25 bits per heavy atom. The van der Waals surface area contributed by atoms with Crippen LogP contribution in [-0.2, 0) is 0 Å². The zero-order chi connectivity index (χ0) is 14.7. The number of rotatable bonds is 3. The molecule has 0 spiro atoms. The summed E-state index contributed by atoms with van der Waals surface area (Å²) in [5, 5.41) is 12.8. The van der Waals surface area contributed by atoms with Crippen LogP contribution in [0, 0.1) is 21.9 Å². The molecule has 0 saturated carbocycles. The summed E-state index contributed by atoms with van der Waals surface area (Å²) >= 11 is 0. The highest BCUT2D eigenvalue weighted by molar-refractivity contribution is 6.04. The Hall–Kier alpha value is -2.90. The molecular formula is C12H7F2N3O3. The lowest BCUT2D eigenvalue weighted by molar-refractivity contribution is -0.385. The Bertz CT molecular complexity index is 691. The van der Waals surface area contributed by atoms with Crippen molar-refractivity contribution in [3.8, 4) is 0 Å². The van der Waals surface area contributed by atoms with Crippen LogP contribution in [0.3, 0.4) is 0 Å². The molecule has 0 fully saturated rings. The van der Waals surface area contributed by atoms with Crippen molar-refractivity contribution in [2.75, 3.05) is 5.32 Å². The Labute approximate surface area is 111 Å². The lowest BCUT2D eigenvalue weighted by Crippen LogP contribution is -2.13. The zero-order valence-corrected chi connectivity index (χ0v) is 9.84. The highest BCUT2D eigenvalue weighted by Gasteiger charge is 2.15. The SMILES string of the molecule is O=C(Nc1cccc(F)n1)c1cc(F)cc([N+](=O)[O-])c1. The number of pyridine rings is 1. The van der Waals surface area contributed by atoms with E-state index in [2.05, 4.69) is 10.3 Å². The van der Waals surface area contributed by atoms with Gasteiger partial charge in [-0.05, 0) is 18.2 Å². The first-order valence-corrected chi connectivity index (χ1v) is 5.34. The fraction of sp³-hybridized carbons (Fsp3) is 0. The maximum atomic E-state index is 13.2. The lowest BCUT2D eigenvalue weighted by Gasteiger charge is -2.04. The zero-order valence-electron chi connectivity index (χ0n) is 9.84. The largest absolute Gasteiger partial charge is 0.306 e. The average Bonchev–Trinajstić information content (AvgIpc) is 2.37. The molecule has 0 aliphatic carbocycles. The van der Waals surface area contributed by atoms with E-state index in [1.807, 2.05) is 0 Å². The van der Waals surface area contributed by atoms with Crippen LogP contribution in [0.1, 0.15) is 10.4 Å². The second-order valence-electron chi connectivity index (χ2n) is 3.75. The second-order valence-corrected chi connectivity index (χ2v) is 3.75. The summed E-state index contributed by atoms with van der Waals surface area (Å²) in [6.45, 7) is 0. The van der Waals surface area contributed by atoms with Crippen LogP contribution in [0.5, 0.6) is 0 Å². The minimum Gasteiger partial charge on any atom is -0.306 e. The average molecular weight is 279 g/mol. The number of hydrogen-bond acceptors (Lipinski definition) is 4. The van der Waals surface area contributed by atoms with Crippen LogP contribution in [0.4, 0.5) is 20.3 Å². The van der Waals surface area contributed by atoms with Gasteiger partial charge in [0.1, 0.15) is 11.6 Å². The quantitative estimate of drug-likeness (QED) is 0.531. The molecule has 0 saturated heterocycles. The maximum Gasteiger partial charge on any atom is 0.273 e. The first-order valence-electron chi connectivity index (χ1n) is 5.34. The van der Waals surface area contributed by atoms with Crippen LogP contribution in [0.2, 0.25) is 0 Å². The van der Waals surface area contributed by atoms with Gasteiger partial charge >= 0.3 is 0 Å². The van der Waals surface area contributed by atoms with E-state index in [-0.39, 0.29) is 11.4 Å². The van der Waals surface area contributed by atoms with Gasteiger partial charge in [-0.25, -0.2) is 9.37 Å². The van der Waals surface area contributed by atoms with Gasteiger partial charge in [-0.2, -0.15) is 4.39 Å². The standard InChI is InChI=1S/C12H7F2N3O3/c13-8-4-7(5-9(6-8)17(19)20)12(18)16-11-3-1-2-10(14)15-11/h1-6H,(H,15,16,18). The number of carbonyl (C=O) groups excluding carboxylic acids is 1. The molecule has 0 atom stereocenters. The van der Waals surface area contributed by atoms with Crippen molar-refractivity contribution in [3.05, 3.63) is 63.8 Å². The van der Waals surface area contributed by atoms with Gasteiger partial charge in [0.2, 0.25) is 5.95 Å². The Morgan fingerprint density at radius 3 is 2.65 bits per heavy atom. The van der Waals surface area contributed by atoms with E-state index in [1.165, 1.54) is 12.1 Å². The van der Waals surface area contributed by atoms with Gasteiger partial charge < -0.3 is 5.32 Å². The highest BCUT2D eigenvalue weighted by atomic mass is 19.1.